The Bertz CT molecular complexity index is 862. The van der Waals surface area contributed by atoms with E-state index in [0.29, 0.717) is 13.1 Å². The van der Waals surface area contributed by atoms with Gasteiger partial charge in [-0.05, 0) is 43.2 Å². The standard InChI is InChI=1S/C22H28FNO3S/c1-3-4-5-15-24(17-19-8-10-20(23)11-9-19)22(25)14-16-28(26,27)21-12-6-18(2)7-13-21/h6-13H,3-5,14-17H2,1-2H3. The largest absolute Gasteiger partial charge is 0.338 e. The van der Waals surface area contributed by atoms with E-state index in [0.717, 1.165) is 30.4 Å². The number of hydrogen-bond donors (Lipinski definition) is 0. The first-order valence-corrected chi connectivity index (χ1v) is 11.3. The molecule has 0 aliphatic carbocycles. The summed E-state index contributed by atoms with van der Waals surface area (Å²) in [6.45, 7) is 4.89. The number of nitrogens with zero attached hydrogens (tertiary/aromatic N) is 1. The number of benzene rings is 2. The lowest BCUT2D eigenvalue weighted by atomic mass is 10.2. The van der Waals surface area contributed by atoms with Gasteiger partial charge < -0.3 is 4.90 Å². The minimum absolute atomic E-state index is 0.0659. The maximum atomic E-state index is 13.1. The average Bonchev–Trinajstić information content (AvgIpc) is 2.67. The van der Waals surface area contributed by atoms with Crippen LogP contribution in [0.2, 0.25) is 0 Å². The highest BCUT2D eigenvalue weighted by molar-refractivity contribution is 7.91. The van der Waals surface area contributed by atoms with E-state index >= 15 is 0 Å². The summed E-state index contributed by atoms with van der Waals surface area (Å²) in [6, 6.07) is 12.7. The van der Waals surface area contributed by atoms with Gasteiger partial charge >= 0.3 is 0 Å². The van der Waals surface area contributed by atoms with Gasteiger partial charge in [-0.1, -0.05) is 49.6 Å². The molecule has 152 valence electrons. The molecule has 0 heterocycles. The van der Waals surface area contributed by atoms with Crippen molar-refractivity contribution >= 4 is 15.7 Å². The van der Waals surface area contributed by atoms with E-state index in [1.165, 1.54) is 12.1 Å². The van der Waals surface area contributed by atoms with Crippen LogP contribution >= 0.6 is 0 Å². The summed E-state index contributed by atoms with van der Waals surface area (Å²) in [4.78, 5) is 14.6. The maximum absolute atomic E-state index is 13.1. The molecule has 0 bridgehead atoms. The second-order valence-electron chi connectivity index (χ2n) is 7.03. The van der Waals surface area contributed by atoms with Crippen LogP contribution in [0.1, 0.15) is 43.7 Å². The number of halogens is 1. The van der Waals surface area contributed by atoms with Crippen LogP contribution in [0.3, 0.4) is 0 Å². The lowest BCUT2D eigenvalue weighted by Gasteiger charge is -2.23. The first kappa shape index (κ1) is 22.1. The molecule has 2 aromatic carbocycles. The van der Waals surface area contributed by atoms with E-state index in [-0.39, 0.29) is 28.8 Å². The molecule has 0 spiro atoms. The zero-order valence-electron chi connectivity index (χ0n) is 16.5. The summed E-state index contributed by atoms with van der Waals surface area (Å²) >= 11 is 0. The van der Waals surface area contributed by atoms with Gasteiger partial charge in [0.2, 0.25) is 5.91 Å². The third-order valence-electron chi connectivity index (χ3n) is 4.64. The van der Waals surface area contributed by atoms with Gasteiger partial charge in [0, 0.05) is 19.5 Å². The molecule has 0 aliphatic heterocycles. The van der Waals surface area contributed by atoms with E-state index in [9.17, 15) is 17.6 Å². The van der Waals surface area contributed by atoms with Crippen LogP contribution in [-0.4, -0.2) is 31.5 Å². The molecule has 0 unspecified atom stereocenters. The molecule has 2 rings (SSSR count). The summed E-state index contributed by atoms with van der Waals surface area (Å²) in [5, 5.41) is 0. The van der Waals surface area contributed by atoms with Crippen LogP contribution in [0.25, 0.3) is 0 Å². The molecule has 4 nitrogen and oxygen atoms in total. The Morgan fingerprint density at radius 3 is 2.25 bits per heavy atom. The highest BCUT2D eigenvalue weighted by Crippen LogP contribution is 2.15. The van der Waals surface area contributed by atoms with Crippen LogP contribution in [-0.2, 0) is 21.2 Å². The average molecular weight is 406 g/mol. The third kappa shape index (κ3) is 6.75. The zero-order valence-corrected chi connectivity index (χ0v) is 17.3. The van der Waals surface area contributed by atoms with Crippen molar-refractivity contribution in [2.24, 2.45) is 0 Å². The highest BCUT2D eigenvalue weighted by Gasteiger charge is 2.20. The van der Waals surface area contributed by atoms with Crippen molar-refractivity contribution < 1.29 is 17.6 Å². The van der Waals surface area contributed by atoms with Gasteiger partial charge in [-0.15, -0.1) is 0 Å². The molecule has 0 fully saturated rings. The molecule has 0 aromatic heterocycles. The van der Waals surface area contributed by atoms with E-state index in [2.05, 4.69) is 6.92 Å². The van der Waals surface area contributed by atoms with Crippen molar-refractivity contribution in [3.63, 3.8) is 0 Å². The van der Waals surface area contributed by atoms with Gasteiger partial charge in [-0.2, -0.15) is 0 Å². The Morgan fingerprint density at radius 2 is 1.64 bits per heavy atom. The first-order chi connectivity index (χ1) is 13.3. The second-order valence-corrected chi connectivity index (χ2v) is 9.14. The molecule has 1 amide bonds. The Morgan fingerprint density at radius 1 is 1.00 bits per heavy atom. The molecule has 0 saturated heterocycles. The molecule has 2 aromatic rings. The fraction of sp³-hybridized carbons (Fsp3) is 0.409. The molecule has 0 N–H and O–H groups in total. The van der Waals surface area contributed by atoms with E-state index in [1.807, 2.05) is 6.92 Å². The second kappa shape index (κ2) is 10.4. The normalized spacial score (nSPS) is 11.4. The van der Waals surface area contributed by atoms with Crippen LogP contribution in [0.15, 0.2) is 53.4 Å². The number of carbonyl (C=O) groups excluding carboxylic acids is 1. The van der Waals surface area contributed by atoms with Crippen molar-refractivity contribution in [1.82, 2.24) is 4.90 Å². The van der Waals surface area contributed by atoms with E-state index in [1.54, 1.807) is 41.3 Å². The minimum atomic E-state index is -3.51. The SMILES string of the molecule is CCCCCN(Cc1ccc(F)cc1)C(=O)CCS(=O)(=O)c1ccc(C)cc1. The van der Waals surface area contributed by atoms with Gasteiger partial charge in [0.25, 0.3) is 0 Å². The van der Waals surface area contributed by atoms with Crippen LogP contribution < -0.4 is 0 Å². The number of rotatable bonds is 10. The van der Waals surface area contributed by atoms with Crippen molar-refractivity contribution in [3.05, 3.63) is 65.5 Å². The number of unbranched alkanes of at least 4 members (excludes halogenated alkanes) is 2. The molecule has 0 aliphatic rings. The van der Waals surface area contributed by atoms with Crippen molar-refractivity contribution in [3.8, 4) is 0 Å². The summed E-state index contributed by atoms with van der Waals surface area (Å²) in [5.74, 6) is -0.740. The van der Waals surface area contributed by atoms with E-state index < -0.39 is 9.84 Å². The predicted molar refractivity (Wildman–Crippen MR) is 109 cm³/mol. The summed E-state index contributed by atoms with van der Waals surface area (Å²) < 4.78 is 38.2. The van der Waals surface area contributed by atoms with Crippen LogP contribution in [0.4, 0.5) is 4.39 Å². The number of sulfone groups is 1. The zero-order chi connectivity index (χ0) is 20.6. The number of aryl methyl sites for hydroxylation is 1. The van der Waals surface area contributed by atoms with Gasteiger partial charge in [0.15, 0.2) is 9.84 Å². The van der Waals surface area contributed by atoms with Crippen molar-refractivity contribution in [2.45, 2.75) is 51.0 Å². The summed E-state index contributed by atoms with van der Waals surface area (Å²) in [6.07, 6.45) is 2.81. The van der Waals surface area contributed by atoms with Gasteiger partial charge in [0.05, 0.1) is 10.6 Å². The monoisotopic (exact) mass is 405 g/mol. The maximum Gasteiger partial charge on any atom is 0.223 e. The molecule has 6 heteroatoms. The summed E-state index contributed by atoms with van der Waals surface area (Å²) in [7, 11) is -3.51. The number of hydrogen-bond acceptors (Lipinski definition) is 3. The highest BCUT2D eigenvalue weighted by atomic mass is 32.2. The van der Waals surface area contributed by atoms with Gasteiger partial charge in [-0.25, -0.2) is 12.8 Å². The van der Waals surface area contributed by atoms with Crippen molar-refractivity contribution in [2.75, 3.05) is 12.3 Å². The smallest absolute Gasteiger partial charge is 0.223 e. The fourth-order valence-corrected chi connectivity index (χ4v) is 4.13. The van der Waals surface area contributed by atoms with Gasteiger partial charge in [-0.3, -0.25) is 4.79 Å². The van der Waals surface area contributed by atoms with E-state index in [4.69, 9.17) is 0 Å². The van der Waals surface area contributed by atoms with Crippen LogP contribution in [0.5, 0.6) is 0 Å². The molecule has 0 atom stereocenters. The Labute approximate surface area is 167 Å². The first-order valence-electron chi connectivity index (χ1n) is 9.63. The number of amides is 1. The lowest BCUT2D eigenvalue weighted by Crippen LogP contribution is -2.32. The number of carbonyl (C=O) groups is 1. The molecule has 0 saturated carbocycles. The fourth-order valence-electron chi connectivity index (χ4n) is 2.90. The Hall–Kier alpha value is -2.21. The predicted octanol–water partition coefficient (Wildman–Crippen LogP) is 4.52. The summed E-state index contributed by atoms with van der Waals surface area (Å²) in [5.41, 5.74) is 1.81. The van der Waals surface area contributed by atoms with Crippen LogP contribution in [0, 0.1) is 12.7 Å². The lowest BCUT2D eigenvalue weighted by molar-refractivity contribution is -0.131. The quantitative estimate of drug-likeness (QED) is 0.546. The third-order valence-corrected chi connectivity index (χ3v) is 6.37. The van der Waals surface area contributed by atoms with Crippen molar-refractivity contribution in [1.29, 1.82) is 0 Å². The Kier molecular flexibility index (Phi) is 8.18. The van der Waals surface area contributed by atoms with Gasteiger partial charge in [0.1, 0.15) is 5.82 Å². The Balaban J connectivity index is 2.03. The minimum Gasteiger partial charge on any atom is -0.338 e. The molecular weight excluding hydrogens is 377 g/mol. The molecule has 0 radical (unpaired) electrons. The topological polar surface area (TPSA) is 54.5 Å². The molecule has 28 heavy (non-hydrogen) atoms. The molecular formula is C22H28FNO3S.